The maximum Gasteiger partial charge on any atom is 0.131 e. The molecule has 0 aromatic heterocycles. The fourth-order valence-corrected chi connectivity index (χ4v) is 6.04. The summed E-state index contributed by atoms with van der Waals surface area (Å²) in [4.78, 5) is 11.7. The highest BCUT2D eigenvalue weighted by atomic mass is 32.2. The second-order valence-corrected chi connectivity index (χ2v) is 12.1. The number of carbonyl (C=O) groups is 1. The van der Waals surface area contributed by atoms with Crippen molar-refractivity contribution in [2.24, 2.45) is 0 Å². The second-order valence-electron chi connectivity index (χ2n) is 11.3. The van der Waals surface area contributed by atoms with Crippen LogP contribution in [-0.2, 0) is 17.8 Å². The number of aldehydes is 1. The molecule has 1 heterocycles. The minimum atomic E-state index is -0.500. The summed E-state index contributed by atoms with van der Waals surface area (Å²) in [6, 6.07) is 21.8. The van der Waals surface area contributed by atoms with Crippen LogP contribution in [0.15, 0.2) is 66.7 Å². The summed E-state index contributed by atoms with van der Waals surface area (Å²) in [5.41, 5.74) is 12.6. The van der Waals surface area contributed by atoms with E-state index in [4.69, 9.17) is 10.2 Å². The second kappa shape index (κ2) is 14.1. The van der Waals surface area contributed by atoms with Crippen LogP contribution >= 0.6 is 11.9 Å². The predicted octanol–water partition coefficient (Wildman–Crippen LogP) is 8.48. The molecule has 1 aliphatic heterocycles. The molecule has 42 heavy (non-hydrogen) atoms. The maximum absolute atomic E-state index is 14.5. The van der Waals surface area contributed by atoms with E-state index < -0.39 is 5.60 Å². The molecular weight excluding hydrogens is 545 g/mol. The Balaban J connectivity index is 0.000000627. The van der Waals surface area contributed by atoms with Gasteiger partial charge < -0.3 is 19.3 Å². The van der Waals surface area contributed by atoms with Gasteiger partial charge in [0.1, 0.15) is 12.1 Å². The van der Waals surface area contributed by atoms with Gasteiger partial charge in [0, 0.05) is 30.9 Å². The molecule has 0 spiro atoms. The summed E-state index contributed by atoms with van der Waals surface area (Å²) in [5.74, 6) is -0.211. The molecule has 6 heteroatoms. The molecule has 0 saturated heterocycles. The first kappa shape index (κ1) is 33.1. The molecule has 0 atom stereocenters. The summed E-state index contributed by atoms with van der Waals surface area (Å²) in [6.07, 6.45) is 3.47. The summed E-state index contributed by atoms with van der Waals surface area (Å²) >= 11 is 1.68. The number of anilines is 1. The SMILES string of the molecule is CC(C)(C)O.CO.CSN1Cc2cc(-c3ccccc3F)ccc2-c2c(C)c(-c3ccc(C)cc3)c(CC=O)c(C)c21. The van der Waals surface area contributed by atoms with Crippen LogP contribution in [0.25, 0.3) is 33.4 Å². The number of nitrogens with zero attached hydrogens (tertiary/aromatic N) is 1. The third-order valence-electron chi connectivity index (χ3n) is 7.07. The Kier molecular flexibility index (Phi) is 11.1. The Morgan fingerprint density at radius 3 is 2.05 bits per heavy atom. The van der Waals surface area contributed by atoms with E-state index in [-0.39, 0.29) is 5.82 Å². The lowest BCUT2D eigenvalue weighted by molar-refractivity contribution is -0.107. The van der Waals surface area contributed by atoms with E-state index in [0.29, 0.717) is 12.0 Å². The average Bonchev–Trinajstić information content (AvgIpc) is 2.96. The summed E-state index contributed by atoms with van der Waals surface area (Å²) in [7, 11) is 1.00. The fraction of sp³-hybridized carbons (Fsp3) is 0.306. The molecule has 1 aliphatic rings. The van der Waals surface area contributed by atoms with E-state index in [0.717, 1.165) is 47.8 Å². The van der Waals surface area contributed by atoms with Gasteiger partial charge in [0.25, 0.3) is 0 Å². The van der Waals surface area contributed by atoms with Crippen LogP contribution < -0.4 is 4.31 Å². The van der Waals surface area contributed by atoms with Gasteiger partial charge in [0.2, 0.25) is 0 Å². The third-order valence-corrected chi connectivity index (χ3v) is 7.82. The maximum atomic E-state index is 14.5. The van der Waals surface area contributed by atoms with E-state index in [1.165, 1.54) is 39.6 Å². The number of carbonyl (C=O) groups excluding carboxylic acids is 1. The molecule has 2 N–H and O–H groups in total. The van der Waals surface area contributed by atoms with Crippen LogP contribution in [0.4, 0.5) is 10.1 Å². The first-order valence-electron chi connectivity index (χ1n) is 14.0. The van der Waals surface area contributed by atoms with Crippen molar-refractivity contribution in [2.75, 3.05) is 17.7 Å². The van der Waals surface area contributed by atoms with E-state index in [9.17, 15) is 9.18 Å². The van der Waals surface area contributed by atoms with Crippen molar-refractivity contribution in [1.29, 1.82) is 0 Å². The summed E-state index contributed by atoms with van der Waals surface area (Å²) in [6.45, 7) is 12.3. The quantitative estimate of drug-likeness (QED) is 0.181. The zero-order chi connectivity index (χ0) is 31.2. The Labute approximate surface area is 254 Å². The topological polar surface area (TPSA) is 60.8 Å². The third kappa shape index (κ3) is 7.30. The summed E-state index contributed by atoms with van der Waals surface area (Å²) in [5, 5.41) is 15.5. The molecule has 0 fully saturated rings. The molecule has 0 radical (unpaired) electrons. The highest BCUT2D eigenvalue weighted by Crippen LogP contribution is 2.50. The number of fused-ring (bicyclic) bond motifs is 3. The minimum Gasteiger partial charge on any atom is -0.400 e. The highest BCUT2D eigenvalue weighted by molar-refractivity contribution is 7.99. The minimum absolute atomic E-state index is 0.211. The number of aliphatic hydroxyl groups is 2. The molecule has 222 valence electrons. The molecule has 0 bridgehead atoms. The number of benzene rings is 4. The molecule has 5 rings (SSSR count). The number of aryl methyl sites for hydroxylation is 1. The number of rotatable bonds is 5. The van der Waals surface area contributed by atoms with Crippen LogP contribution in [0.2, 0.25) is 0 Å². The predicted molar refractivity (Wildman–Crippen MR) is 176 cm³/mol. The molecule has 0 aliphatic carbocycles. The van der Waals surface area contributed by atoms with Crippen LogP contribution in [0.5, 0.6) is 0 Å². The molecule has 4 aromatic rings. The van der Waals surface area contributed by atoms with Gasteiger partial charge in [-0.25, -0.2) is 4.39 Å². The van der Waals surface area contributed by atoms with E-state index in [2.05, 4.69) is 67.7 Å². The molecular formula is C36H42FNO3S. The van der Waals surface area contributed by atoms with Crippen molar-refractivity contribution < 1.29 is 19.4 Å². The average molecular weight is 588 g/mol. The van der Waals surface area contributed by atoms with Crippen molar-refractivity contribution in [2.45, 2.75) is 60.1 Å². The smallest absolute Gasteiger partial charge is 0.131 e. The fourth-order valence-electron chi connectivity index (χ4n) is 5.36. The van der Waals surface area contributed by atoms with Gasteiger partial charge in [-0.05, 0) is 98.2 Å². The normalized spacial score (nSPS) is 11.8. The van der Waals surface area contributed by atoms with Gasteiger partial charge in [-0.2, -0.15) is 0 Å². The number of hydrogen-bond acceptors (Lipinski definition) is 5. The molecule has 4 nitrogen and oxygen atoms in total. The highest BCUT2D eigenvalue weighted by Gasteiger charge is 2.30. The zero-order valence-electron chi connectivity index (χ0n) is 25.9. The van der Waals surface area contributed by atoms with E-state index in [1.54, 1.807) is 38.8 Å². The van der Waals surface area contributed by atoms with Crippen LogP contribution in [0, 0.1) is 26.6 Å². The lowest BCUT2D eigenvalue weighted by Crippen LogP contribution is -2.22. The van der Waals surface area contributed by atoms with Crippen LogP contribution in [0.1, 0.15) is 48.6 Å². The summed E-state index contributed by atoms with van der Waals surface area (Å²) < 4.78 is 16.9. The number of aliphatic hydroxyl groups excluding tert-OH is 1. The largest absolute Gasteiger partial charge is 0.400 e. The van der Waals surface area contributed by atoms with Gasteiger partial charge in [0.15, 0.2) is 0 Å². The van der Waals surface area contributed by atoms with Gasteiger partial charge in [0.05, 0.1) is 17.8 Å². The van der Waals surface area contributed by atoms with Crippen molar-refractivity contribution in [3.8, 4) is 33.4 Å². The Morgan fingerprint density at radius 2 is 1.48 bits per heavy atom. The Morgan fingerprint density at radius 1 is 0.881 bits per heavy atom. The lowest BCUT2D eigenvalue weighted by atomic mass is 9.80. The molecule has 0 amide bonds. The lowest BCUT2D eigenvalue weighted by Gasteiger charge is -2.36. The zero-order valence-corrected chi connectivity index (χ0v) is 26.7. The Hall–Kier alpha value is -3.45. The van der Waals surface area contributed by atoms with E-state index >= 15 is 0 Å². The standard InChI is InChI=1S/C31H28FNOS.C4H10O.CH4O/c1-19-9-11-22(12-10-19)29-21(3)30-27-14-13-23(26-7-5-6-8-28(26)32)17-24(27)18-33(35-4)31(30)20(2)25(29)15-16-34;1-4(2,3)5;1-2/h5-14,16-17H,15,18H2,1-4H3;5H,1-3H3;2H,1H3. The van der Waals surface area contributed by atoms with Gasteiger partial charge >= 0.3 is 0 Å². The Bertz CT molecular complexity index is 1540. The first-order chi connectivity index (χ1) is 19.9. The van der Waals surface area contributed by atoms with Crippen molar-refractivity contribution in [1.82, 2.24) is 0 Å². The van der Waals surface area contributed by atoms with E-state index in [1.807, 2.05) is 18.2 Å². The molecule has 4 aromatic carbocycles. The van der Waals surface area contributed by atoms with Gasteiger partial charge in [-0.3, -0.25) is 0 Å². The first-order valence-corrected chi connectivity index (χ1v) is 15.2. The number of halogens is 1. The van der Waals surface area contributed by atoms with Crippen molar-refractivity contribution in [3.63, 3.8) is 0 Å². The number of hydrogen-bond donors (Lipinski definition) is 2. The molecule has 0 saturated carbocycles. The van der Waals surface area contributed by atoms with Crippen LogP contribution in [-0.4, -0.2) is 35.5 Å². The monoisotopic (exact) mass is 587 g/mol. The van der Waals surface area contributed by atoms with Gasteiger partial charge in [-0.1, -0.05) is 72.1 Å². The van der Waals surface area contributed by atoms with Crippen molar-refractivity contribution in [3.05, 3.63) is 100 Å². The van der Waals surface area contributed by atoms with Crippen molar-refractivity contribution >= 4 is 23.9 Å². The van der Waals surface area contributed by atoms with Gasteiger partial charge in [-0.15, -0.1) is 0 Å². The molecule has 0 unspecified atom stereocenters. The van der Waals surface area contributed by atoms with Crippen LogP contribution in [0.3, 0.4) is 0 Å².